The molecule has 1 aromatic rings. The van der Waals surface area contributed by atoms with E-state index in [2.05, 4.69) is 0 Å². The minimum absolute atomic E-state index is 0.0210. The number of carbonyl (C=O) groups is 2. The molecule has 31 heavy (non-hydrogen) atoms. The molecule has 3 rings (SSSR count). The maximum absolute atomic E-state index is 12.9. The van der Waals surface area contributed by atoms with Crippen molar-refractivity contribution in [2.75, 3.05) is 52.5 Å². The fourth-order valence-corrected chi connectivity index (χ4v) is 5.05. The van der Waals surface area contributed by atoms with Crippen molar-refractivity contribution in [2.45, 2.75) is 17.1 Å². The number of nitrogens with zero attached hydrogens (tertiary/aromatic N) is 3. The van der Waals surface area contributed by atoms with Gasteiger partial charge in [0, 0.05) is 32.7 Å². The first kappa shape index (κ1) is 23.4. The Hall–Kier alpha value is -2.22. The first-order valence-electron chi connectivity index (χ1n) is 9.50. The number of hydrogen-bond acceptors (Lipinski definition) is 6. The Balaban J connectivity index is 1.74. The van der Waals surface area contributed by atoms with E-state index >= 15 is 0 Å². The molecule has 0 saturated carbocycles. The van der Waals surface area contributed by atoms with Crippen LogP contribution < -0.4 is 0 Å². The van der Waals surface area contributed by atoms with Crippen LogP contribution in [0.15, 0.2) is 29.2 Å². The summed E-state index contributed by atoms with van der Waals surface area (Å²) in [5.74, 6) is -1.76. The van der Waals surface area contributed by atoms with E-state index in [1.165, 1.54) is 4.90 Å². The lowest BCUT2D eigenvalue weighted by Gasteiger charge is -2.39. The third-order valence-corrected chi connectivity index (χ3v) is 7.14. The molecule has 2 heterocycles. The van der Waals surface area contributed by atoms with Crippen molar-refractivity contribution >= 4 is 21.9 Å². The highest BCUT2D eigenvalue weighted by atomic mass is 32.2. The number of ether oxygens (including phenoxy) is 1. The van der Waals surface area contributed by atoms with E-state index in [0.29, 0.717) is 38.4 Å². The minimum atomic E-state index is -4.63. The molecule has 2 fully saturated rings. The topological polar surface area (TPSA) is 107 Å². The van der Waals surface area contributed by atoms with Crippen molar-refractivity contribution in [1.29, 1.82) is 0 Å². The van der Waals surface area contributed by atoms with Gasteiger partial charge in [0.2, 0.25) is 15.9 Å². The zero-order valence-corrected chi connectivity index (χ0v) is 17.2. The molecule has 13 heteroatoms. The molecule has 0 aromatic heterocycles. The van der Waals surface area contributed by atoms with Crippen molar-refractivity contribution in [3.05, 3.63) is 29.8 Å². The van der Waals surface area contributed by atoms with E-state index in [1.807, 2.05) is 4.90 Å². The van der Waals surface area contributed by atoms with Crippen LogP contribution in [-0.2, 0) is 30.5 Å². The van der Waals surface area contributed by atoms with Gasteiger partial charge in [-0.1, -0.05) is 0 Å². The van der Waals surface area contributed by atoms with Crippen LogP contribution in [0.1, 0.15) is 5.56 Å². The number of benzene rings is 1. The number of carboxylic acid groups (broad SMARTS) is 1. The fraction of sp³-hybridized carbons (Fsp3) is 0.556. The largest absolute Gasteiger partial charge is 0.480 e. The van der Waals surface area contributed by atoms with Crippen LogP contribution in [0.25, 0.3) is 0 Å². The summed E-state index contributed by atoms with van der Waals surface area (Å²) in [4.78, 5) is 27.1. The highest BCUT2D eigenvalue weighted by molar-refractivity contribution is 7.89. The molecule has 2 aliphatic rings. The minimum Gasteiger partial charge on any atom is -0.480 e. The van der Waals surface area contributed by atoms with Gasteiger partial charge in [0.15, 0.2) is 0 Å². The summed E-state index contributed by atoms with van der Waals surface area (Å²) < 4.78 is 70.0. The number of aliphatic carboxylic acids is 1. The van der Waals surface area contributed by atoms with Crippen LogP contribution in [0.5, 0.6) is 0 Å². The summed E-state index contributed by atoms with van der Waals surface area (Å²) in [6.45, 7) is 1.53. The molecule has 172 valence electrons. The first-order chi connectivity index (χ1) is 14.5. The van der Waals surface area contributed by atoms with Gasteiger partial charge >= 0.3 is 12.1 Å². The van der Waals surface area contributed by atoms with Gasteiger partial charge in [-0.05, 0) is 24.3 Å². The number of halogens is 3. The van der Waals surface area contributed by atoms with Gasteiger partial charge in [0.1, 0.15) is 6.04 Å². The van der Waals surface area contributed by atoms with Crippen LogP contribution in [0.2, 0.25) is 0 Å². The molecule has 0 spiro atoms. The Bertz CT molecular complexity index is 916. The van der Waals surface area contributed by atoms with Crippen molar-refractivity contribution in [3.63, 3.8) is 0 Å². The third kappa shape index (κ3) is 5.34. The van der Waals surface area contributed by atoms with Gasteiger partial charge < -0.3 is 14.7 Å². The lowest BCUT2D eigenvalue weighted by molar-refractivity contribution is -0.146. The van der Waals surface area contributed by atoms with Gasteiger partial charge in [-0.25, -0.2) is 8.42 Å². The Morgan fingerprint density at radius 2 is 1.68 bits per heavy atom. The molecule has 9 nitrogen and oxygen atoms in total. The molecule has 0 radical (unpaired) electrons. The molecule has 2 aliphatic heterocycles. The summed E-state index contributed by atoms with van der Waals surface area (Å²) in [5, 5.41) is 9.57. The van der Waals surface area contributed by atoms with Crippen molar-refractivity contribution < 1.29 is 41.0 Å². The molecule has 0 bridgehead atoms. The highest BCUT2D eigenvalue weighted by Gasteiger charge is 2.42. The number of piperazine rings is 1. The quantitative estimate of drug-likeness (QED) is 0.668. The van der Waals surface area contributed by atoms with Crippen molar-refractivity contribution in [2.24, 2.45) is 0 Å². The standard InChI is InChI=1S/C18H22F3N3O6S/c19-18(20,21)13-1-3-14(4-2-13)31(28,29)24-6-5-23(11-15(24)17(26)27)16(25)12-22-7-9-30-10-8-22/h1-4,15H,5-12H2,(H,26,27)/t15-/m1/s1. The Labute approximate surface area is 177 Å². The van der Waals surface area contributed by atoms with Gasteiger partial charge in [0.05, 0.1) is 30.2 Å². The van der Waals surface area contributed by atoms with Gasteiger partial charge in [-0.2, -0.15) is 17.5 Å². The lowest BCUT2D eigenvalue weighted by atomic mass is 10.2. The average Bonchev–Trinajstić information content (AvgIpc) is 2.73. The number of rotatable bonds is 5. The SMILES string of the molecule is O=C(O)[C@H]1CN(C(=O)CN2CCOCC2)CCN1S(=O)(=O)c1ccc(C(F)(F)F)cc1. The number of alkyl halides is 3. The summed E-state index contributed by atoms with van der Waals surface area (Å²) in [6, 6.07) is 1.31. The Morgan fingerprint density at radius 1 is 1.06 bits per heavy atom. The van der Waals surface area contributed by atoms with Crippen LogP contribution in [0, 0.1) is 0 Å². The van der Waals surface area contributed by atoms with Crippen LogP contribution in [-0.4, -0.2) is 98.0 Å². The number of hydrogen-bond donors (Lipinski definition) is 1. The monoisotopic (exact) mass is 465 g/mol. The predicted octanol–water partition coefficient (Wildman–Crippen LogP) is 0.324. The highest BCUT2D eigenvalue weighted by Crippen LogP contribution is 2.30. The number of amides is 1. The van der Waals surface area contributed by atoms with Gasteiger partial charge in [0.25, 0.3) is 0 Å². The predicted molar refractivity (Wildman–Crippen MR) is 101 cm³/mol. The van der Waals surface area contributed by atoms with Crippen molar-refractivity contribution in [3.8, 4) is 0 Å². The van der Waals surface area contributed by atoms with Gasteiger partial charge in [-0.3, -0.25) is 14.5 Å². The normalized spacial score (nSPS) is 21.8. The van der Waals surface area contributed by atoms with E-state index in [1.54, 1.807) is 0 Å². The van der Waals surface area contributed by atoms with Crippen LogP contribution in [0.3, 0.4) is 0 Å². The average molecular weight is 465 g/mol. The fourth-order valence-electron chi connectivity index (χ4n) is 3.48. The third-order valence-electron chi connectivity index (χ3n) is 5.22. The lowest BCUT2D eigenvalue weighted by Crippen LogP contribution is -2.60. The second kappa shape index (κ2) is 9.10. The van der Waals surface area contributed by atoms with E-state index in [4.69, 9.17) is 4.74 Å². The molecule has 0 aliphatic carbocycles. The maximum atomic E-state index is 12.9. The zero-order chi connectivity index (χ0) is 22.8. The molecule has 2 saturated heterocycles. The summed E-state index contributed by atoms with van der Waals surface area (Å²) >= 11 is 0. The zero-order valence-electron chi connectivity index (χ0n) is 16.4. The molecular formula is C18H22F3N3O6S. The summed E-state index contributed by atoms with van der Waals surface area (Å²) in [5.41, 5.74) is -1.01. The molecule has 0 unspecified atom stereocenters. The Morgan fingerprint density at radius 3 is 2.23 bits per heavy atom. The molecule has 1 amide bonds. The summed E-state index contributed by atoms with van der Waals surface area (Å²) in [6.07, 6.45) is -4.63. The molecule has 1 aromatic carbocycles. The smallest absolute Gasteiger partial charge is 0.416 e. The van der Waals surface area contributed by atoms with Crippen LogP contribution >= 0.6 is 0 Å². The first-order valence-corrected chi connectivity index (χ1v) is 10.9. The van der Waals surface area contributed by atoms with Crippen molar-refractivity contribution in [1.82, 2.24) is 14.1 Å². The van der Waals surface area contributed by atoms with Gasteiger partial charge in [-0.15, -0.1) is 0 Å². The number of carboxylic acids is 1. The molecule has 1 atom stereocenters. The number of sulfonamides is 1. The Kier molecular flexibility index (Phi) is 6.88. The molecule has 1 N–H and O–H groups in total. The maximum Gasteiger partial charge on any atom is 0.416 e. The molecular weight excluding hydrogens is 443 g/mol. The number of morpholine rings is 1. The van der Waals surface area contributed by atoms with E-state index < -0.39 is 38.7 Å². The van der Waals surface area contributed by atoms with E-state index in [0.717, 1.165) is 16.4 Å². The second-order valence-electron chi connectivity index (χ2n) is 7.22. The van der Waals surface area contributed by atoms with E-state index in [9.17, 15) is 36.3 Å². The summed E-state index contributed by atoms with van der Waals surface area (Å²) in [7, 11) is -4.37. The van der Waals surface area contributed by atoms with Crippen LogP contribution in [0.4, 0.5) is 13.2 Å². The number of carbonyl (C=O) groups excluding carboxylic acids is 1. The van der Waals surface area contributed by atoms with E-state index in [-0.39, 0.29) is 32.1 Å². The second-order valence-corrected chi connectivity index (χ2v) is 9.11.